The quantitative estimate of drug-likeness (QED) is 0.817. The number of nitrogens with one attached hydrogen (secondary N) is 2. The molecule has 1 aromatic carbocycles. The predicted molar refractivity (Wildman–Crippen MR) is 107 cm³/mol. The van der Waals surface area contributed by atoms with Crippen molar-refractivity contribution in [3.63, 3.8) is 0 Å². The Morgan fingerprint density at radius 2 is 1.70 bits per heavy atom. The fourth-order valence-corrected chi connectivity index (χ4v) is 6.12. The van der Waals surface area contributed by atoms with Gasteiger partial charge in [-0.25, -0.2) is 4.79 Å². The third-order valence-electron chi connectivity index (χ3n) is 6.77. The van der Waals surface area contributed by atoms with Gasteiger partial charge in [0, 0.05) is 14.1 Å². The Morgan fingerprint density at radius 3 is 2.22 bits per heavy atom. The Morgan fingerprint density at radius 1 is 1.11 bits per heavy atom. The van der Waals surface area contributed by atoms with Gasteiger partial charge in [-0.05, 0) is 79.4 Å². The molecule has 0 aromatic heterocycles. The van der Waals surface area contributed by atoms with E-state index in [9.17, 15) is 9.59 Å². The minimum Gasteiger partial charge on any atom is -0.347 e. The van der Waals surface area contributed by atoms with Gasteiger partial charge < -0.3 is 15.5 Å². The predicted octanol–water partition coefficient (Wildman–Crippen LogP) is 4.02. The molecule has 2 N–H and O–H groups in total. The van der Waals surface area contributed by atoms with E-state index in [1.165, 1.54) is 49.0 Å². The molecule has 4 bridgehead atoms. The van der Waals surface area contributed by atoms with Crippen molar-refractivity contribution in [1.29, 1.82) is 0 Å². The molecule has 4 fully saturated rings. The van der Waals surface area contributed by atoms with Crippen molar-refractivity contribution in [3.05, 3.63) is 28.8 Å². The second-order valence-electron chi connectivity index (χ2n) is 8.99. The van der Waals surface area contributed by atoms with Crippen LogP contribution < -0.4 is 10.6 Å². The molecule has 1 aromatic rings. The molecule has 0 spiro atoms. The van der Waals surface area contributed by atoms with E-state index in [1.54, 1.807) is 14.1 Å². The number of hydrogen-bond acceptors (Lipinski definition) is 2. The Labute approximate surface area is 165 Å². The standard InChI is InChI=1S/C21H28ClN3O2/c1-25(2)19(26)12-23-20(27)24-18-4-3-16(8-17(18)22)21-9-13-5-14(10-21)7-15(6-13)11-21/h3-4,8,13-15H,5-7,9-12H2,1-2H3,(H2,23,24,27). The van der Waals surface area contributed by atoms with Crippen LogP contribution in [0.5, 0.6) is 0 Å². The molecular weight excluding hydrogens is 362 g/mol. The van der Waals surface area contributed by atoms with Gasteiger partial charge in [0.05, 0.1) is 17.3 Å². The summed E-state index contributed by atoms with van der Waals surface area (Å²) in [7, 11) is 3.31. The summed E-state index contributed by atoms with van der Waals surface area (Å²) in [5.74, 6) is 2.49. The van der Waals surface area contributed by atoms with Crippen molar-refractivity contribution in [2.24, 2.45) is 17.8 Å². The maximum Gasteiger partial charge on any atom is 0.319 e. The molecule has 0 radical (unpaired) electrons. The third kappa shape index (κ3) is 3.66. The Balaban J connectivity index is 1.44. The Bertz CT molecular complexity index is 727. The van der Waals surface area contributed by atoms with Crippen molar-refractivity contribution in [1.82, 2.24) is 10.2 Å². The van der Waals surface area contributed by atoms with Gasteiger partial charge in [0.15, 0.2) is 0 Å². The maximum absolute atomic E-state index is 12.0. The monoisotopic (exact) mass is 389 g/mol. The van der Waals surface area contributed by atoms with Gasteiger partial charge in [-0.3, -0.25) is 4.79 Å². The number of halogens is 1. The largest absolute Gasteiger partial charge is 0.347 e. The number of carbonyl (C=O) groups is 2. The van der Waals surface area contributed by atoms with Crippen molar-refractivity contribution in [2.45, 2.75) is 43.9 Å². The molecule has 4 aliphatic carbocycles. The van der Waals surface area contributed by atoms with Crippen molar-refractivity contribution >= 4 is 29.2 Å². The van der Waals surface area contributed by atoms with Gasteiger partial charge in [-0.1, -0.05) is 17.7 Å². The van der Waals surface area contributed by atoms with E-state index in [-0.39, 0.29) is 17.9 Å². The lowest BCUT2D eigenvalue weighted by Gasteiger charge is -2.57. The zero-order chi connectivity index (χ0) is 19.2. The third-order valence-corrected chi connectivity index (χ3v) is 7.08. The second-order valence-corrected chi connectivity index (χ2v) is 9.40. The summed E-state index contributed by atoms with van der Waals surface area (Å²) in [4.78, 5) is 25.1. The van der Waals surface area contributed by atoms with Crippen molar-refractivity contribution < 1.29 is 9.59 Å². The van der Waals surface area contributed by atoms with E-state index >= 15 is 0 Å². The summed E-state index contributed by atoms with van der Waals surface area (Å²) < 4.78 is 0. The summed E-state index contributed by atoms with van der Waals surface area (Å²) >= 11 is 6.51. The molecule has 0 atom stereocenters. The van der Waals surface area contributed by atoms with Crippen LogP contribution in [0.1, 0.15) is 44.1 Å². The van der Waals surface area contributed by atoms with Crippen LogP contribution in [0, 0.1) is 17.8 Å². The first-order valence-electron chi connectivity index (χ1n) is 9.90. The number of rotatable bonds is 4. The maximum atomic E-state index is 12.0. The van der Waals surface area contributed by atoms with Gasteiger partial charge in [0.2, 0.25) is 5.91 Å². The number of nitrogens with zero attached hydrogens (tertiary/aromatic N) is 1. The molecule has 4 saturated carbocycles. The normalized spacial score (nSPS) is 30.9. The van der Waals surface area contributed by atoms with Gasteiger partial charge in [0.25, 0.3) is 0 Å². The van der Waals surface area contributed by atoms with E-state index in [0.29, 0.717) is 10.7 Å². The number of anilines is 1. The van der Waals surface area contributed by atoms with E-state index in [2.05, 4.69) is 22.8 Å². The van der Waals surface area contributed by atoms with E-state index in [4.69, 9.17) is 11.6 Å². The molecule has 0 heterocycles. The number of likely N-dealkylation sites (N-methyl/N-ethyl adjacent to an activating group) is 1. The molecule has 27 heavy (non-hydrogen) atoms. The zero-order valence-corrected chi connectivity index (χ0v) is 16.8. The highest BCUT2D eigenvalue weighted by Crippen LogP contribution is 2.60. The van der Waals surface area contributed by atoms with Crippen LogP contribution in [0.2, 0.25) is 5.02 Å². The highest BCUT2D eigenvalue weighted by atomic mass is 35.5. The second kappa shape index (κ2) is 7.01. The molecule has 0 aliphatic heterocycles. The summed E-state index contributed by atoms with van der Waals surface area (Å²) in [6.45, 7) is -0.0399. The SMILES string of the molecule is CN(C)C(=O)CNC(=O)Nc1ccc(C23CC4CC(CC(C4)C2)C3)cc1Cl. The molecule has 146 valence electrons. The van der Waals surface area contributed by atoms with Crippen LogP contribution in [0.25, 0.3) is 0 Å². The number of benzene rings is 1. The Kier molecular flexibility index (Phi) is 4.83. The highest BCUT2D eigenvalue weighted by molar-refractivity contribution is 6.33. The summed E-state index contributed by atoms with van der Waals surface area (Å²) in [6, 6.07) is 5.67. The fraction of sp³-hybridized carbons (Fsp3) is 0.619. The van der Waals surface area contributed by atoms with Crippen LogP contribution in [0.4, 0.5) is 10.5 Å². The molecule has 5 rings (SSSR count). The lowest BCUT2D eigenvalue weighted by Crippen LogP contribution is -2.48. The number of urea groups is 1. The Hall–Kier alpha value is -1.75. The van der Waals surface area contributed by atoms with E-state index in [1.807, 2.05) is 6.07 Å². The van der Waals surface area contributed by atoms with Crippen LogP contribution in [0.3, 0.4) is 0 Å². The molecule has 0 unspecified atom stereocenters. The summed E-state index contributed by atoms with van der Waals surface area (Å²) in [5, 5.41) is 5.88. The first-order chi connectivity index (χ1) is 12.8. The van der Waals surface area contributed by atoms with E-state index in [0.717, 1.165) is 17.8 Å². The molecular formula is C21H28ClN3O2. The molecule has 3 amide bonds. The molecule has 6 heteroatoms. The average molecular weight is 390 g/mol. The van der Waals surface area contributed by atoms with Crippen LogP contribution in [-0.4, -0.2) is 37.5 Å². The van der Waals surface area contributed by atoms with Crippen LogP contribution in [-0.2, 0) is 10.2 Å². The molecule has 0 saturated heterocycles. The van der Waals surface area contributed by atoms with Crippen LogP contribution in [0.15, 0.2) is 18.2 Å². The first-order valence-corrected chi connectivity index (χ1v) is 10.3. The number of amides is 3. The van der Waals surface area contributed by atoms with Crippen molar-refractivity contribution in [2.75, 3.05) is 26.0 Å². The number of hydrogen-bond donors (Lipinski definition) is 2. The van der Waals surface area contributed by atoms with Gasteiger partial charge in [-0.15, -0.1) is 0 Å². The van der Waals surface area contributed by atoms with Crippen LogP contribution >= 0.6 is 11.6 Å². The molecule has 4 aliphatic rings. The van der Waals surface area contributed by atoms with Gasteiger partial charge >= 0.3 is 6.03 Å². The topological polar surface area (TPSA) is 61.4 Å². The van der Waals surface area contributed by atoms with Gasteiger partial charge in [-0.2, -0.15) is 0 Å². The lowest BCUT2D eigenvalue weighted by atomic mass is 9.48. The zero-order valence-electron chi connectivity index (χ0n) is 16.1. The summed E-state index contributed by atoms with van der Waals surface area (Å²) in [6.07, 6.45) is 8.11. The smallest absolute Gasteiger partial charge is 0.319 e. The highest BCUT2D eigenvalue weighted by Gasteiger charge is 2.51. The first kappa shape index (κ1) is 18.6. The fourth-order valence-electron chi connectivity index (χ4n) is 5.89. The average Bonchev–Trinajstić information content (AvgIpc) is 2.60. The molecule has 5 nitrogen and oxygen atoms in total. The minimum atomic E-state index is -0.422. The van der Waals surface area contributed by atoms with Crippen molar-refractivity contribution in [3.8, 4) is 0 Å². The lowest BCUT2D eigenvalue weighted by molar-refractivity contribution is -0.127. The number of carbonyl (C=O) groups excluding carboxylic acids is 2. The summed E-state index contributed by atoms with van der Waals surface area (Å²) in [5.41, 5.74) is 2.21. The van der Waals surface area contributed by atoms with Gasteiger partial charge in [0.1, 0.15) is 0 Å². The minimum absolute atomic E-state index is 0.0399. The van der Waals surface area contributed by atoms with E-state index < -0.39 is 6.03 Å².